The van der Waals surface area contributed by atoms with Gasteiger partial charge in [-0.15, -0.1) is 0 Å². The Morgan fingerprint density at radius 3 is 0.809 bits per heavy atom. The van der Waals surface area contributed by atoms with E-state index in [1.54, 1.807) is 0 Å². The molecule has 0 unspecified atom stereocenters. The Bertz CT molecular complexity index is 1650. The van der Waals surface area contributed by atoms with Gasteiger partial charge >= 0.3 is 46.5 Å². The molecular formula is C50H68O18. The molecule has 0 aromatic carbocycles. The Labute approximate surface area is 401 Å². The van der Waals surface area contributed by atoms with Crippen LogP contribution in [0, 0.1) is 0 Å². The molecule has 0 amide bonds. The third-order valence-corrected chi connectivity index (χ3v) is 9.17. The number of rotatable bonds is 49. The molecule has 0 atom stereocenters. The van der Waals surface area contributed by atoms with Crippen molar-refractivity contribution in [1.82, 2.24) is 0 Å². The minimum atomic E-state index is -3.63. The predicted octanol–water partition coefficient (Wildman–Crippen LogP) is 11.9. The fourth-order valence-electron chi connectivity index (χ4n) is 7.24. The van der Waals surface area contributed by atoms with E-state index in [1.807, 2.05) is 0 Å². The second kappa shape index (κ2) is 29.6. The van der Waals surface area contributed by atoms with Gasteiger partial charge in [-0.2, -0.15) is 0 Å². The Kier molecular flexibility index (Phi) is 26.2. The monoisotopic (exact) mass is 956 g/mol. The Hall–Kier alpha value is -7.86. The number of hydrogen-bond donors (Lipinski definition) is 0. The second-order valence-corrected chi connectivity index (χ2v) is 12.4. The van der Waals surface area contributed by atoms with Crippen LogP contribution < -0.4 is 0 Å². The lowest BCUT2D eigenvalue weighted by Crippen LogP contribution is -2.91. The molecule has 0 heterocycles. The Balaban J connectivity index is 11.0. The van der Waals surface area contributed by atoms with Crippen molar-refractivity contribution in [1.29, 1.82) is 0 Å². The van der Waals surface area contributed by atoms with Gasteiger partial charge in [-0.1, -0.05) is 156 Å². The van der Waals surface area contributed by atoms with Crippen molar-refractivity contribution in [2.24, 2.45) is 0 Å². The number of hydrogen-bond acceptors (Lipinski definition) is 18. The van der Waals surface area contributed by atoms with Gasteiger partial charge in [0.2, 0.25) is 0 Å². The van der Waals surface area contributed by atoms with E-state index in [9.17, 15) is 0 Å². The molecule has 18 nitrogen and oxygen atoms in total. The zero-order chi connectivity index (χ0) is 51.7. The molecular weight excluding hydrogens is 889 g/mol. The molecule has 68 heavy (non-hydrogen) atoms. The predicted molar refractivity (Wildman–Crippen MR) is 253 cm³/mol. The van der Waals surface area contributed by atoms with Crippen LogP contribution in [-0.2, 0) is 85.6 Å². The van der Waals surface area contributed by atoms with Crippen molar-refractivity contribution in [3.05, 3.63) is 218 Å². The van der Waals surface area contributed by atoms with Crippen LogP contribution in [0.2, 0.25) is 0 Å². The van der Waals surface area contributed by atoms with Gasteiger partial charge in [0.05, 0.1) is 100 Å². The summed E-state index contributed by atoms with van der Waals surface area (Å²) in [7, 11) is 0. The fourth-order valence-corrected chi connectivity index (χ4v) is 7.24. The zero-order valence-corrected chi connectivity index (χ0v) is 39.1. The van der Waals surface area contributed by atoms with Gasteiger partial charge < -0.3 is 80.7 Å². The standard InChI is InChI=1S/C50H68O18/c1-19-37-38-39-40-41-42-43(51-20-2,52-21-3)44(53-22-4,54-23-5)45(55-24-6,56-25-7)46(57-26-8,58-27-9)47(59-28-10,60-29-11)48(61-30-12,62-31-13)49(63-32-14,64-33-15)50(65-34-16,66-35-17)68-67-36-18/h20-36H,2-19,37-42H2,1H3. The molecule has 0 bridgehead atoms. The maximum atomic E-state index is 6.58. The largest absolute Gasteiger partial charge is 0.497 e. The van der Waals surface area contributed by atoms with Crippen LogP contribution in [0.1, 0.15) is 51.9 Å². The average molecular weight is 957 g/mol. The van der Waals surface area contributed by atoms with Gasteiger partial charge in [-0.25, -0.2) is 0 Å². The van der Waals surface area contributed by atoms with Crippen LogP contribution in [-0.4, -0.2) is 46.5 Å². The summed E-state index contributed by atoms with van der Waals surface area (Å²) in [6.45, 7) is 66.0. The quantitative estimate of drug-likeness (QED) is 0.0186. The highest BCUT2D eigenvalue weighted by molar-refractivity contribution is 5.25. The summed E-state index contributed by atoms with van der Waals surface area (Å²) in [4.78, 5) is 11.0. The van der Waals surface area contributed by atoms with E-state index in [4.69, 9.17) is 85.6 Å². The molecule has 0 N–H and O–H groups in total. The lowest BCUT2D eigenvalue weighted by Gasteiger charge is -2.62. The first-order chi connectivity index (χ1) is 32.8. The molecule has 0 aromatic heterocycles. The van der Waals surface area contributed by atoms with Crippen molar-refractivity contribution in [3.8, 4) is 0 Å². The molecule has 376 valence electrons. The molecule has 18 heteroatoms. The summed E-state index contributed by atoms with van der Waals surface area (Å²) in [5, 5.41) is 0. The van der Waals surface area contributed by atoms with E-state index in [0.717, 1.165) is 132 Å². The van der Waals surface area contributed by atoms with Crippen LogP contribution in [0.3, 0.4) is 0 Å². The summed E-state index contributed by atoms with van der Waals surface area (Å²) in [6, 6.07) is 0. The van der Waals surface area contributed by atoms with E-state index in [1.165, 1.54) is 0 Å². The highest BCUT2D eigenvalue weighted by atomic mass is 17.3. The minimum Gasteiger partial charge on any atom is -0.454 e. The van der Waals surface area contributed by atoms with Crippen molar-refractivity contribution in [2.45, 2.75) is 98.4 Å². The average Bonchev–Trinajstić information content (AvgIpc) is 3.31. The van der Waals surface area contributed by atoms with Crippen LogP contribution in [0.4, 0.5) is 0 Å². The van der Waals surface area contributed by atoms with Crippen molar-refractivity contribution in [2.75, 3.05) is 0 Å². The summed E-state index contributed by atoms with van der Waals surface area (Å²) in [5.74, 6) is -26.6. The molecule has 0 fully saturated rings. The van der Waals surface area contributed by atoms with Crippen LogP contribution in [0.5, 0.6) is 0 Å². The van der Waals surface area contributed by atoms with Crippen LogP contribution >= 0.6 is 0 Å². The lowest BCUT2D eigenvalue weighted by atomic mass is 9.75. The lowest BCUT2D eigenvalue weighted by molar-refractivity contribution is -0.614. The van der Waals surface area contributed by atoms with Crippen molar-refractivity contribution in [3.63, 3.8) is 0 Å². The molecule has 0 saturated heterocycles. The molecule has 0 aromatic rings. The molecule has 0 aliphatic heterocycles. The third kappa shape index (κ3) is 10.7. The first kappa shape index (κ1) is 60.1. The topological polar surface area (TPSA) is 166 Å². The van der Waals surface area contributed by atoms with Gasteiger partial charge in [-0.05, 0) is 6.42 Å². The van der Waals surface area contributed by atoms with Crippen molar-refractivity contribution < 1.29 is 85.6 Å². The molecule has 0 aliphatic carbocycles. The molecule has 0 spiro atoms. The summed E-state index contributed by atoms with van der Waals surface area (Å²) < 4.78 is 102. The van der Waals surface area contributed by atoms with Gasteiger partial charge in [-0.3, -0.25) is 0 Å². The maximum Gasteiger partial charge on any atom is 0.497 e. The molecule has 0 aliphatic rings. The van der Waals surface area contributed by atoms with E-state index in [0.29, 0.717) is 6.42 Å². The number of ether oxygens (including phenoxy) is 16. The summed E-state index contributed by atoms with van der Waals surface area (Å²) in [5.41, 5.74) is 0. The first-order valence-electron chi connectivity index (χ1n) is 20.4. The highest BCUT2D eigenvalue weighted by Gasteiger charge is 3.01. The summed E-state index contributed by atoms with van der Waals surface area (Å²) >= 11 is 0. The normalized spacial score (nSPS) is 11.6. The van der Waals surface area contributed by atoms with Crippen LogP contribution in [0.15, 0.2) is 218 Å². The van der Waals surface area contributed by atoms with Gasteiger partial charge in [0.15, 0.2) is 0 Å². The van der Waals surface area contributed by atoms with E-state index in [-0.39, 0.29) is 12.8 Å². The molecule has 0 rings (SSSR count). The fraction of sp³-hybridized carbons (Fsp3) is 0.320. The van der Waals surface area contributed by atoms with E-state index >= 15 is 0 Å². The van der Waals surface area contributed by atoms with Crippen LogP contribution in [0.25, 0.3) is 0 Å². The van der Waals surface area contributed by atoms with Gasteiger partial charge in [0.1, 0.15) is 6.26 Å². The van der Waals surface area contributed by atoms with Gasteiger partial charge in [0, 0.05) is 6.42 Å². The van der Waals surface area contributed by atoms with Gasteiger partial charge in [0.25, 0.3) is 0 Å². The van der Waals surface area contributed by atoms with Crippen molar-refractivity contribution >= 4 is 0 Å². The highest BCUT2D eigenvalue weighted by Crippen LogP contribution is 2.64. The molecule has 0 saturated carbocycles. The smallest absolute Gasteiger partial charge is 0.454 e. The van der Waals surface area contributed by atoms with E-state index < -0.39 is 46.5 Å². The minimum absolute atomic E-state index is 0.242. The number of unbranched alkanes of at least 4 members (excludes halogenated alkanes) is 5. The Morgan fingerprint density at radius 2 is 0.515 bits per heavy atom. The zero-order valence-electron chi connectivity index (χ0n) is 39.1. The molecule has 0 radical (unpaired) electrons. The SMILES string of the molecule is C=COOC(OC=C)(OC=C)C(OC=C)(OC=C)C(OC=C)(OC=C)C(OC=C)(OC=C)C(OC=C)(OC=C)C(OC=C)(OC=C)C(OC=C)(OC=C)C(CCCCCCCC)(OC=C)OC=C. The van der Waals surface area contributed by atoms with E-state index in [2.05, 4.69) is 119 Å². The first-order valence-corrected chi connectivity index (χ1v) is 20.4. The summed E-state index contributed by atoms with van der Waals surface area (Å²) in [6.07, 6.45) is 17.6. The second-order valence-electron chi connectivity index (χ2n) is 12.4. The Morgan fingerprint density at radius 1 is 0.265 bits per heavy atom. The maximum absolute atomic E-state index is 6.58. The third-order valence-electron chi connectivity index (χ3n) is 9.17.